The van der Waals surface area contributed by atoms with Crippen LogP contribution in [0.3, 0.4) is 0 Å². The standard InChI is InChI=1S/C24H40O4Si/c1-8-12-23(15-16-27-29(19(2)3,20(4)5)21(6)7)28-24(25)18-26-17-22-13-10-9-11-14-22/h8-11,13-14,19-21,23H,1,12,15-18H2,2-7H3/t23-/m1/s1. The number of hydrogen-bond acceptors (Lipinski definition) is 4. The molecule has 0 N–H and O–H groups in total. The van der Waals surface area contributed by atoms with Gasteiger partial charge in [0.1, 0.15) is 12.7 Å². The topological polar surface area (TPSA) is 44.8 Å². The molecule has 0 saturated heterocycles. The van der Waals surface area contributed by atoms with Gasteiger partial charge in [-0.15, -0.1) is 6.58 Å². The van der Waals surface area contributed by atoms with E-state index in [2.05, 4.69) is 48.1 Å². The predicted molar refractivity (Wildman–Crippen MR) is 122 cm³/mol. The maximum absolute atomic E-state index is 12.2. The van der Waals surface area contributed by atoms with Crippen molar-refractivity contribution in [3.8, 4) is 0 Å². The molecule has 0 bridgehead atoms. The van der Waals surface area contributed by atoms with Crippen LogP contribution in [-0.4, -0.2) is 33.6 Å². The van der Waals surface area contributed by atoms with Gasteiger partial charge in [0.15, 0.2) is 8.32 Å². The molecule has 0 saturated carbocycles. The van der Waals surface area contributed by atoms with Crippen molar-refractivity contribution >= 4 is 14.3 Å². The summed E-state index contributed by atoms with van der Waals surface area (Å²) in [6, 6.07) is 9.79. The van der Waals surface area contributed by atoms with Gasteiger partial charge in [0.2, 0.25) is 0 Å². The van der Waals surface area contributed by atoms with Crippen LogP contribution in [0.1, 0.15) is 59.9 Å². The van der Waals surface area contributed by atoms with Crippen molar-refractivity contribution in [1.29, 1.82) is 0 Å². The van der Waals surface area contributed by atoms with E-state index in [-0.39, 0.29) is 18.7 Å². The molecule has 0 aromatic heterocycles. The van der Waals surface area contributed by atoms with E-state index in [9.17, 15) is 4.79 Å². The minimum atomic E-state index is -1.91. The SMILES string of the molecule is C=CC[C@H](CCO[Si](C(C)C)(C(C)C)C(C)C)OC(=O)COCc1ccccc1. The Hall–Kier alpha value is -1.43. The molecule has 0 radical (unpaired) electrons. The zero-order chi connectivity index (χ0) is 21.9. The Morgan fingerprint density at radius 3 is 2.14 bits per heavy atom. The molecule has 4 nitrogen and oxygen atoms in total. The first-order valence-electron chi connectivity index (χ1n) is 10.8. The summed E-state index contributed by atoms with van der Waals surface area (Å²) < 4.78 is 17.7. The predicted octanol–water partition coefficient (Wildman–Crippen LogP) is 6.27. The van der Waals surface area contributed by atoms with Gasteiger partial charge in [0, 0.05) is 19.4 Å². The monoisotopic (exact) mass is 420 g/mol. The van der Waals surface area contributed by atoms with Crippen molar-refractivity contribution in [3.05, 3.63) is 48.6 Å². The Morgan fingerprint density at radius 2 is 1.62 bits per heavy atom. The number of hydrogen-bond donors (Lipinski definition) is 0. The normalized spacial score (nSPS) is 13.1. The van der Waals surface area contributed by atoms with Crippen molar-refractivity contribution in [2.45, 2.75) is 83.7 Å². The molecule has 1 aromatic rings. The molecule has 0 fully saturated rings. The highest BCUT2D eigenvalue weighted by atomic mass is 28.4. The molecule has 0 heterocycles. The number of carbonyl (C=O) groups excluding carboxylic acids is 1. The second-order valence-corrected chi connectivity index (χ2v) is 14.0. The summed E-state index contributed by atoms with van der Waals surface area (Å²) in [6.07, 6.45) is 2.87. The fourth-order valence-corrected chi connectivity index (χ4v) is 9.80. The molecule has 5 heteroatoms. The number of rotatable bonds is 14. The average Bonchev–Trinajstić information content (AvgIpc) is 2.65. The summed E-state index contributed by atoms with van der Waals surface area (Å²) in [4.78, 5) is 12.2. The van der Waals surface area contributed by atoms with Gasteiger partial charge in [-0.1, -0.05) is 78.0 Å². The van der Waals surface area contributed by atoms with E-state index in [1.54, 1.807) is 6.08 Å². The maximum Gasteiger partial charge on any atom is 0.332 e. The summed E-state index contributed by atoms with van der Waals surface area (Å²) in [5.41, 5.74) is 2.64. The van der Waals surface area contributed by atoms with Crippen LogP contribution < -0.4 is 0 Å². The maximum atomic E-state index is 12.2. The second kappa shape index (κ2) is 13.0. The first-order chi connectivity index (χ1) is 13.7. The van der Waals surface area contributed by atoms with Gasteiger partial charge >= 0.3 is 5.97 Å². The zero-order valence-electron chi connectivity index (χ0n) is 19.1. The minimum Gasteiger partial charge on any atom is -0.460 e. The Bertz CT molecular complexity index is 576. The highest BCUT2D eigenvalue weighted by molar-refractivity contribution is 6.77. The lowest BCUT2D eigenvalue weighted by atomic mass is 10.2. The molecule has 0 aliphatic heterocycles. The van der Waals surface area contributed by atoms with Crippen molar-refractivity contribution in [3.63, 3.8) is 0 Å². The Kier molecular flexibility index (Phi) is 11.5. The van der Waals surface area contributed by atoms with Crippen molar-refractivity contribution in [2.24, 2.45) is 0 Å². The average molecular weight is 421 g/mol. The lowest BCUT2D eigenvalue weighted by molar-refractivity contribution is -0.155. The van der Waals surface area contributed by atoms with Crippen LogP contribution >= 0.6 is 0 Å². The molecule has 1 atom stereocenters. The smallest absolute Gasteiger partial charge is 0.332 e. The zero-order valence-corrected chi connectivity index (χ0v) is 20.1. The first kappa shape index (κ1) is 25.6. The van der Waals surface area contributed by atoms with Gasteiger partial charge in [-0.25, -0.2) is 4.79 Å². The van der Waals surface area contributed by atoms with Gasteiger partial charge in [-0.3, -0.25) is 0 Å². The van der Waals surface area contributed by atoms with Crippen molar-refractivity contribution in [1.82, 2.24) is 0 Å². The van der Waals surface area contributed by atoms with Gasteiger partial charge in [0.25, 0.3) is 0 Å². The third-order valence-corrected chi connectivity index (χ3v) is 11.7. The Morgan fingerprint density at radius 1 is 1.03 bits per heavy atom. The van der Waals surface area contributed by atoms with Crippen LogP contribution in [0.4, 0.5) is 0 Å². The Balaban J connectivity index is 2.52. The summed E-state index contributed by atoms with van der Waals surface area (Å²) in [5, 5.41) is 0. The van der Waals surface area contributed by atoms with Crippen molar-refractivity contribution in [2.75, 3.05) is 13.2 Å². The summed E-state index contributed by atoms with van der Waals surface area (Å²) >= 11 is 0. The van der Waals surface area contributed by atoms with E-state index in [0.29, 0.717) is 42.7 Å². The molecule has 164 valence electrons. The third kappa shape index (κ3) is 8.07. The quantitative estimate of drug-likeness (QED) is 0.202. The summed E-state index contributed by atoms with van der Waals surface area (Å²) in [7, 11) is -1.91. The molecule has 29 heavy (non-hydrogen) atoms. The van der Waals surface area contributed by atoms with Crippen LogP contribution in [0.15, 0.2) is 43.0 Å². The van der Waals surface area contributed by atoms with E-state index in [1.165, 1.54) is 0 Å². The van der Waals surface area contributed by atoms with Crippen LogP contribution in [0.25, 0.3) is 0 Å². The van der Waals surface area contributed by atoms with Gasteiger partial charge in [0.05, 0.1) is 6.61 Å². The molecular weight excluding hydrogens is 380 g/mol. The lowest BCUT2D eigenvalue weighted by Gasteiger charge is -2.42. The van der Waals surface area contributed by atoms with E-state index in [1.807, 2.05) is 30.3 Å². The summed E-state index contributed by atoms with van der Waals surface area (Å²) in [6.45, 7) is 18.4. The number of carbonyl (C=O) groups is 1. The molecule has 0 unspecified atom stereocenters. The molecule has 1 aromatic carbocycles. The second-order valence-electron chi connectivity index (χ2n) is 8.57. The lowest BCUT2D eigenvalue weighted by Crippen LogP contribution is -2.48. The fraction of sp³-hybridized carbons (Fsp3) is 0.625. The van der Waals surface area contributed by atoms with Crippen LogP contribution in [0, 0.1) is 0 Å². The number of esters is 1. The van der Waals surface area contributed by atoms with E-state index < -0.39 is 8.32 Å². The van der Waals surface area contributed by atoms with E-state index >= 15 is 0 Å². The molecule has 0 aliphatic carbocycles. The van der Waals surface area contributed by atoms with E-state index in [0.717, 1.165) is 5.56 Å². The molecule has 1 rings (SSSR count). The largest absolute Gasteiger partial charge is 0.460 e. The highest BCUT2D eigenvalue weighted by Gasteiger charge is 2.44. The molecule has 0 amide bonds. The molecule has 0 aliphatic rings. The minimum absolute atomic E-state index is 0.0495. The molecular formula is C24H40O4Si. The fourth-order valence-electron chi connectivity index (χ4n) is 4.32. The summed E-state index contributed by atoms with van der Waals surface area (Å²) in [5.74, 6) is -0.340. The van der Waals surface area contributed by atoms with Gasteiger partial charge < -0.3 is 13.9 Å². The van der Waals surface area contributed by atoms with Crippen molar-refractivity contribution < 1.29 is 18.7 Å². The Labute approximate surface area is 178 Å². The highest BCUT2D eigenvalue weighted by Crippen LogP contribution is 2.42. The van der Waals surface area contributed by atoms with Gasteiger partial charge in [-0.05, 0) is 22.2 Å². The third-order valence-electron chi connectivity index (χ3n) is 5.56. The first-order valence-corrected chi connectivity index (χ1v) is 12.9. The van der Waals surface area contributed by atoms with Crippen LogP contribution in [0.5, 0.6) is 0 Å². The number of benzene rings is 1. The molecule has 0 spiro atoms. The van der Waals surface area contributed by atoms with E-state index in [4.69, 9.17) is 13.9 Å². The van der Waals surface area contributed by atoms with Crippen LogP contribution in [-0.2, 0) is 25.3 Å². The van der Waals surface area contributed by atoms with Crippen LogP contribution in [0.2, 0.25) is 16.6 Å². The van der Waals surface area contributed by atoms with Gasteiger partial charge in [-0.2, -0.15) is 0 Å². The number of ether oxygens (including phenoxy) is 2.